The Morgan fingerprint density at radius 2 is 1.81 bits per heavy atom. The first-order valence-corrected chi connectivity index (χ1v) is 14.8. The molecule has 0 bridgehead atoms. The molecule has 0 saturated carbocycles. The highest BCUT2D eigenvalue weighted by atomic mass is 79.9. The summed E-state index contributed by atoms with van der Waals surface area (Å²) < 4.78 is 34.4. The van der Waals surface area contributed by atoms with Crippen LogP contribution in [0.15, 0.2) is 70.0 Å². The number of halogens is 1. The largest absolute Gasteiger partial charge is 0.489 e. The molecule has 37 heavy (non-hydrogen) atoms. The molecule has 1 aliphatic rings. The molecule has 0 aliphatic carbocycles. The molecule has 2 heterocycles. The lowest BCUT2D eigenvalue weighted by molar-refractivity contribution is 0.105. The standard InChI is InChI=1S/C28H32BrN3O4S/c1-19-6-8-22(9-7-19)37(34,35)32-14-12-20(13-15-32)16-30-17-21(33)18-36-28-24(29)10-11-26-27(28)23-4-2-3-5-25(23)31-26/h2-11,20-21,30-31,33H,12-18H2,1H3. The monoisotopic (exact) mass is 585 g/mol. The number of aryl methyl sites for hydroxylation is 1. The van der Waals surface area contributed by atoms with Crippen LogP contribution in [-0.4, -0.2) is 61.7 Å². The fraction of sp³-hybridized carbons (Fsp3) is 0.357. The molecule has 0 radical (unpaired) electrons. The Balaban J connectivity index is 1.10. The number of aromatic nitrogens is 1. The number of nitrogens with zero attached hydrogens (tertiary/aromatic N) is 1. The fourth-order valence-corrected chi connectivity index (χ4v) is 6.85. The molecule has 1 atom stereocenters. The number of H-pyrrole nitrogens is 1. The Morgan fingerprint density at radius 3 is 2.57 bits per heavy atom. The van der Waals surface area contributed by atoms with Crippen LogP contribution in [0.1, 0.15) is 18.4 Å². The molecular weight excluding hydrogens is 554 g/mol. The first-order chi connectivity index (χ1) is 17.8. The minimum atomic E-state index is -3.45. The van der Waals surface area contributed by atoms with Crippen molar-refractivity contribution in [3.8, 4) is 5.75 Å². The molecule has 0 amide bonds. The van der Waals surface area contributed by atoms with Crippen molar-refractivity contribution in [2.24, 2.45) is 5.92 Å². The first-order valence-electron chi connectivity index (χ1n) is 12.6. The number of ether oxygens (including phenoxy) is 1. The maximum absolute atomic E-state index is 12.9. The van der Waals surface area contributed by atoms with Crippen LogP contribution in [0.2, 0.25) is 0 Å². The average Bonchev–Trinajstić information content (AvgIpc) is 3.27. The summed E-state index contributed by atoms with van der Waals surface area (Å²) in [6, 6.07) is 19.1. The minimum Gasteiger partial charge on any atom is -0.489 e. The number of nitrogens with one attached hydrogen (secondary N) is 2. The summed E-state index contributed by atoms with van der Waals surface area (Å²) in [7, 11) is -3.45. The van der Waals surface area contributed by atoms with E-state index in [1.54, 1.807) is 16.4 Å². The van der Waals surface area contributed by atoms with Crippen molar-refractivity contribution in [1.82, 2.24) is 14.6 Å². The number of hydrogen-bond acceptors (Lipinski definition) is 5. The van der Waals surface area contributed by atoms with E-state index < -0.39 is 16.1 Å². The van der Waals surface area contributed by atoms with Gasteiger partial charge in [-0.3, -0.25) is 0 Å². The lowest BCUT2D eigenvalue weighted by Gasteiger charge is -2.31. The van der Waals surface area contributed by atoms with Gasteiger partial charge in [0.1, 0.15) is 18.5 Å². The number of fused-ring (bicyclic) bond motifs is 3. The van der Waals surface area contributed by atoms with Gasteiger partial charge in [-0.25, -0.2) is 8.42 Å². The fourth-order valence-electron chi connectivity index (χ4n) is 4.93. The lowest BCUT2D eigenvalue weighted by atomic mass is 9.98. The molecule has 0 spiro atoms. The van der Waals surface area contributed by atoms with Crippen LogP contribution < -0.4 is 10.1 Å². The van der Waals surface area contributed by atoms with Gasteiger partial charge in [0, 0.05) is 30.5 Å². The molecule has 3 N–H and O–H groups in total. The summed E-state index contributed by atoms with van der Waals surface area (Å²) in [6.07, 6.45) is 0.912. The molecule has 7 nitrogen and oxygen atoms in total. The summed E-state index contributed by atoms with van der Waals surface area (Å²) in [6.45, 7) is 4.27. The second-order valence-electron chi connectivity index (χ2n) is 9.75. The Bertz CT molecular complexity index is 1480. The van der Waals surface area contributed by atoms with Crippen LogP contribution in [0.5, 0.6) is 5.75 Å². The van der Waals surface area contributed by atoms with E-state index in [0.717, 1.165) is 57.0 Å². The highest BCUT2D eigenvalue weighted by Crippen LogP contribution is 2.38. The van der Waals surface area contributed by atoms with Crippen LogP contribution in [0.4, 0.5) is 0 Å². The van der Waals surface area contributed by atoms with E-state index in [4.69, 9.17) is 4.74 Å². The van der Waals surface area contributed by atoms with E-state index in [2.05, 4.69) is 32.3 Å². The molecular formula is C28H32BrN3O4S. The maximum atomic E-state index is 12.9. The van der Waals surface area contributed by atoms with Crippen molar-refractivity contribution in [1.29, 1.82) is 0 Å². The van der Waals surface area contributed by atoms with Crippen molar-refractivity contribution < 1.29 is 18.3 Å². The van der Waals surface area contributed by atoms with E-state index in [0.29, 0.717) is 30.4 Å². The molecule has 1 unspecified atom stereocenters. The van der Waals surface area contributed by atoms with E-state index in [-0.39, 0.29) is 6.61 Å². The molecule has 196 valence electrons. The Labute approximate surface area is 226 Å². The van der Waals surface area contributed by atoms with Crippen molar-refractivity contribution >= 4 is 47.8 Å². The summed E-state index contributed by atoms with van der Waals surface area (Å²) in [4.78, 5) is 3.77. The first kappa shape index (κ1) is 26.2. The zero-order valence-corrected chi connectivity index (χ0v) is 23.2. The number of hydrogen-bond donors (Lipinski definition) is 3. The van der Waals surface area contributed by atoms with Crippen LogP contribution in [0, 0.1) is 12.8 Å². The van der Waals surface area contributed by atoms with Gasteiger partial charge in [-0.2, -0.15) is 4.31 Å². The molecule has 1 aromatic heterocycles. The van der Waals surface area contributed by atoms with E-state index in [1.807, 2.05) is 49.4 Å². The molecule has 1 aliphatic heterocycles. The van der Waals surface area contributed by atoms with Crippen molar-refractivity contribution in [2.75, 3.05) is 32.8 Å². The van der Waals surface area contributed by atoms with Crippen molar-refractivity contribution in [2.45, 2.75) is 30.8 Å². The zero-order valence-electron chi connectivity index (χ0n) is 20.8. The van der Waals surface area contributed by atoms with Gasteiger partial charge in [-0.1, -0.05) is 35.9 Å². The number of rotatable bonds is 9. The quantitative estimate of drug-likeness (QED) is 0.262. The van der Waals surface area contributed by atoms with Gasteiger partial charge in [0.25, 0.3) is 0 Å². The van der Waals surface area contributed by atoms with Crippen LogP contribution >= 0.6 is 15.9 Å². The number of para-hydroxylation sites is 1. The summed E-state index contributed by atoms with van der Waals surface area (Å²) in [5, 5.41) is 16.0. The Morgan fingerprint density at radius 1 is 1.08 bits per heavy atom. The number of benzene rings is 3. The predicted molar refractivity (Wildman–Crippen MR) is 151 cm³/mol. The van der Waals surface area contributed by atoms with Crippen molar-refractivity contribution in [3.05, 3.63) is 70.7 Å². The van der Waals surface area contributed by atoms with Gasteiger partial charge in [0.2, 0.25) is 10.0 Å². The third-order valence-electron chi connectivity index (χ3n) is 7.04. The Hall–Kier alpha value is -2.43. The van der Waals surface area contributed by atoms with Crippen LogP contribution in [0.25, 0.3) is 21.8 Å². The summed E-state index contributed by atoms with van der Waals surface area (Å²) >= 11 is 3.60. The normalized spacial score (nSPS) is 16.4. The summed E-state index contributed by atoms with van der Waals surface area (Å²) in [5.74, 6) is 1.09. The highest BCUT2D eigenvalue weighted by Gasteiger charge is 2.29. The number of aliphatic hydroxyl groups is 1. The highest BCUT2D eigenvalue weighted by molar-refractivity contribution is 9.10. The topological polar surface area (TPSA) is 94.7 Å². The number of aromatic amines is 1. The third kappa shape index (κ3) is 5.71. The van der Waals surface area contributed by atoms with Crippen LogP contribution in [0.3, 0.4) is 0 Å². The number of aliphatic hydroxyl groups excluding tert-OH is 1. The van der Waals surface area contributed by atoms with E-state index in [1.165, 1.54) is 0 Å². The molecule has 3 aromatic carbocycles. The minimum absolute atomic E-state index is 0.164. The molecule has 1 saturated heterocycles. The SMILES string of the molecule is Cc1ccc(S(=O)(=O)N2CCC(CNCC(O)COc3c(Br)ccc4[nH]c5ccccc5c34)CC2)cc1. The van der Waals surface area contributed by atoms with Gasteiger partial charge in [-0.05, 0) is 78.5 Å². The third-order valence-corrected chi connectivity index (χ3v) is 9.58. The van der Waals surface area contributed by atoms with Gasteiger partial charge < -0.3 is 20.1 Å². The molecule has 9 heteroatoms. The van der Waals surface area contributed by atoms with Gasteiger partial charge in [0.05, 0.1) is 20.3 Å². The van der Waals surface area contributed by atoms with Gasteiger partial charge in [-0.15, -0.1) is 0 Å². The van der Waals surface area contributed by atoms with Gasteiger partial charge in [0.15, 0.2) is 0 Å². The Kier molecular flexibility index (Phi) is 7.88. The van der Waals surface area contributed by atoms with Crippen LogP contribution in [-0.2, 0) is 10.0 Å². The van der Waals surface area contributed by atoms with E-state index >= 15 is 0 Å². The second kappa shape index (κ2) is 11.1. The number of piperidine rings is 1. The number of sulfonamides is 1. The van der Waals surface area contributed by atoms with Gasteiger partial charge >= 0.3 is 0 Å². The maximum Gasteiger partial charge on any atom is 0.243 e. The smallest absolute Gasteiger partial charge is 0.243 e. The molecule has 5 rings (SSSR count). The van der Waals surface area contributed by atoms with Crippen molar-refractivity contribution in [3.63, 3.8) is 0 Å². The predicted octanol–water partition coefficient (Wildman–Crippen LogP) is 4.82. The zero-order chi connectivity index (χ0) is 26.0. The van der Waals surface area contributed by atoms with E-state index in [9.17, 15) is 13.5 Å². The average molecular weight is 587 g/mol. The second-order valence-corrected chi connectivity index (χ2v) is 12.5. The summed E-state index contributed by atoms with van der Waals surface area (Å²) in [5.41, 5.74) is 3.07. The lowest BCUT2D eigenvalue weighted by Crippen LogP contribution is -2.42. The molecule has 1 fully saturated rings. The molecule has 4 aromatic rings.